The maximum absolute atomic E-state index is 13.3. The molecule has 0 bridgehead atoms. The van der Waals surface area contributed by atoms with Crippen LogP contribution >= 0.6 is 23.4 Å². The molecule has 7 heteroatoms. The van der Waals surface area contributed by atoms with E-state index >= 15 is 0 Å². The van der Waals surface area contributed by atoms with Crippen LogP contribution in [0.15, 0.2) is 52.4 Å². The second-order valence-electron chi connectivity index (χ2n) is 6.96. The zero-order chi connectivity index (χ0) is 20.4. The van der Waals surface area contributed by atoms with Crippen molar-refractivity contribution in [1.82, 2.24) is 14.9 Å². The van der Waals surface area contributed by atoms with Gasteiger partial charge in [-0.1, -0.05) is 35.5 Å². The molecular weight excluding hydrogens is 394 g/mol. The van der Waals surface area contributed by atoms with E-state index in [2.05, 4.69) is 10.3 Å². The van der Waals surface area contributed by atoms with Gasteiger partial charge in [-0.2, -0.15) is 0 Å². The molecule has 146 valence electrons. The quantitative estimate of drug-likeness (QED) is 0.497. The van der Waals surface area contributed by atoms with Gasteiger partial charge in [-0.3, -0.25) is 14.2 Å². The molecule has 0 saturated carbocycles. The summed E-state index contributed by atoms with van der Waals surface area (Å²) in [5.74, 6) is -0.101. The van der Waals surface area contributed by atoms with Crippen LogP contribution in [-0.4, -0.2) is 26.8 Å². The Bertz CT molecular complexity index is 1090. The first-order valence-corrected chi connectivity index (χ1v) is 10.3. The monoisotopic (exact) mass is 415 g/mol. The van der Waals surface area contributed by atoms with E-state index in [1.807, 2.05) is 45.0 Å². The third kappa shape index (κ3) is 4.39. The summed E-state index contributed by atoms with van der Waals surface area (Å²) in [6.07, 6.45) is 0. The van der Waals surface area contributed by atoms with Crippen molar-refractivity contribution in [2.75, 3.05) is 0 Å². The van der Waals surface area contributed by atoms with Crippen LogP contribution in [0, 0.1) is 6.92 Å². The molecule has 0 aliphatic carbocycles. The van der Waals surface area contributed by atoms with E-state index in [1.54, 1.807) is 29.7 Å². The molecule has 1 amide bonds. The highest BCUT2D eigenvalue weighted by Gasteiger charge is 2.21. The topological polar surface area (TPSA) is 64.0 Å². The SMILES string of the molecule is Cc1cccc(-n2c(SC(C)C(=O)NC(C)C)nc3cc(Cl)ccc3c2=O)c1. The third-order valence-electron chi connectivity index (χ3n) is 4.14. The number of carbonyl (C=O) groups excluding carboxylic acids is 1. The summed E-state index contributed by atoms with van der Waals surface area (Å²) in [5.41, 5.74) is 2.07. The van der Waals surface area contributed by atoms with Crippen LogP contribution in [0.25, 0.3) is 16.6 Å². The van der Waals surface area contributed by atoms with Crippen molar-refractivity contribution in [1.29, 1.82) is 0 Å². The van der Waals surface area contributed by atoms with Gasteiger partial charge in [0, 0.05) is 11.1 Å². The van der Waals surface area contributed by atoms with Gasteiger partial charge in [0.25, 0.3) is 5.56 Å². The molecule has 3 aromatic rings. The number of halogens is 1. The van der Waals surface area contributed by atoms with E-state index in [9.17, 15) is 9.59 Å². The number of fused-ring (bicyclic) bond motifs is 1. The number of amides is 1. The fourth-order valence-electron chi connectivity index (χ4n) is 2.83. The summed E-state index contributed by atoms with van der Waals surface area (Å²) in [7, 11) is 0. The Morgan fingerprint density at radius 2 is 1.93 bits per heavy atom. The summed E-state index contributed by atoms with van der Waals surface area (Å²) >= 11 is 7.35. The van der Waals surface area contributed by atoms with Crippen molar-refractivity contribution in [3.05, 3.63) is 63.4 Å². The molecule has 0 aliphatic heterocycles. The van der Waals surface area contributed by atoms with Gasteiger partial charge >= 0.3 is 0 Å². The Hall–Kier alpha value is -2.31. The number of benzene rings is 2. The van der Waals surface area contributed by atoms with E-state index < -0.39 is 5.25 Å². The number of aromatic nitrogens is 2. The fraction of sp³-hybridized carbons (Fsp3) is 0.286. The minimum atomic E-state index is -0.415. The summed E-state index contributed by atoms with van der Waals surface area (Å²) < 4.78 is 1.56. The van der Waals surface area contributed by atoms with Crippen molar-refractivity contribution in [2.45, 2.75) is 44.1 Å². The molecule has 1 unspecified atom stereocenters. The molecule has 1 heterocycles. The van der Waals surface area contributed by atoms with E-state index in [0.717, 1.165) is 5.56 Å². The van der Waals surface area contributed by atoms with Gasteiger partial charge < -0.3 is 5.32 Å². The van der Waals surface area contributed by atoms with Gasteiger partial charge in [0.2, 0.25) is 5.91 Å². The van der Waals surface area contributed by atoms with E-state index in [4.69, 9.17) is 11.6 Å². The molecular formula is C21H22ClN3O2S. The predicted molar refractivity (Wildman–Crippen MR) is 116 cm³/mol. The molecule has 0 saturated heterocycles. The lowest BCUT2D eigenvalue weighted by Crippen LogP contribution is -2.36. The minimum Gasteiger partial charge on any atom is -0.353 e. The van der Waals surface area contributed by atoms with Gasteiger partial charge in [0.05, 0.1) is 21.8 Å². The first-order chi connectivity index (χ1) is 13.3. The summed E-state index contributed by atoms with van der Waals surface area (Å²) in [6.45, 7) is 7.59. The van der Waals surface area contributed by atoms with Crippen molar-refractivity contribution in [3.8, 4) is 5.69 Å². The van der Waals surface area contributed by atoms with Crippen LogP contribution in [0.5, 0.6) is 0 Å². The first kappa shape index (κ1) is 20.4. The number of nitrogens with zero attached hydrogens (tertiary/aromatic N) is 2. The number of carbonyl (C=O) groups is 1. The molecule has 3 rings (SSSR count). The van der Waals surface area contributed by atoms with Crippen LogP contribution in [0.1, 0.15) is 26.3 Å². The predicted octanol–water partition coefficient (Wildman–Crippen LogP) is 4.35. The average Bonchev–Trinajstić information content (AvgIpc) is 2.61. The normalized spacial score (nSPS) is 12.4. The molecule has 1 aromatic heterocycles. The number of rotatable bonds is 5. The lowest BCUT2D eigenvalue weighted by Gasteiger charge is -2.17. The van der Waals surface area contributed by atoms with Crippen LogP contribution < -0.4 is 10.9 Å². The summed E-state index contributed by atoms with van der Waals surface area (Å²) in [6, 6.07) is 12.7. The molecule has 0 fully saturated rings. The molecule has 0 radical (unpaired) electrons. The largest absolute Gasteiger partial charge is 0.353 e. The lowest BCUT2D eigenvalue weighted by atomic mass is 10.2. The summed E-state index contributed by atoms with van der Waals surface area (Å²) in [5, 5.41) is 3.93. The Morgan fingerprint density at radius 3 is 2.61 bits per heavy atom. The van der Waals surface area contributed by atoms with Gasteiger partial charge in [0.1, 0.15) is 0 Å². The lowest BCUT2D eigenvalue weighted by molar-refractivity contribution is -0.120. The second-order valence-corrected chi connectivity index (χ2v) is 8.70. The van der Waals surface area contributed by atoms with E-state index in [0.29, 0.717) is 26.8 Å². The van der Waals surface area contributed by atoms with Crippen LogP contribution in [0.3, 0.4) is 0 Å². The molecule has 0 aliphatic rings. The molecule has 0 spiro atoms. The third-order valence-corrected chi connectivity index (χ3v) is 5.43. The average molecular weight is 416 g/mol. The van der Waals surface area contributed by atoms with E-state index in [1.165, 1.54) is 11.8 Å². The fourth-order valence-corrected chi connectivity index (χ4v) is 3.93. The zero-order valence-corrected chi connectivity index (χ0v) is 17.8. The van der Waals surface area contributed by atoms with E-state index in [-0.39, 0.29) is 17.5 Å². The van der Waals surface area contributed by atoms with Gasteiger partial charge in [-0.05, 0) is 63.6 Å². The van der Waals surface area contributed by atoms with Crippen molar-refractivity contribution < 1.29 is 4.79 Å². The van der Waals surface area contributed by atoms with Gasteiger partial charge in [-0.15, -0.1) is 0 Å². The van der Waals surface area contributed by atoms with Gasteiger partial charge in [-0.25, -0.2) is 4.98 Å². The molecule has 2 aromatic carbocycles. The highest BCUT2D eigenvalue weighted by molar-refractivity contribution is 8.00. The Kier molecular flexibility index (Phi) is 6.10. The van der Waals surface area contributed by atoms with Crippen LogP contribution in [0.2, 0.25) is 5.02 Å². The standard InChI is InChI=1S/C21H22ClN3O2S/c1-12(2)23-19(26)14(4)28-21-24-18-11-15(22)8-9-17(18)20(27)25(21)16-7-5-6-13(3)10-16/h5-12,14H,1-4H3,(H,23,26). The maximum atomic E-state index is 13.3. The smallest absolute Gasteiger partial charge is 0.266 e. The highest BCUT2D eigenvalue weighted by Crippen LogP contribution is 2.26. The van der Waals surface area contributed by atoms with Crippen molar-refractivity contribution >= 4 is 40.2 Å². The highest BCUT2D eigenvalue weighted by atomic mass is 35.5. The second kappa shape index (κ2) is 8.37. The van der Waals surface area contributed by atoms with Crippen molar-refractivity contribution in [3.63, 3.8) is 0 Å². The molecule has 5 nitrogen and oxygen atoms in total. The number of aryl methyl sites for hydroxylation is 1. The Labute approximate surface area is 173 Å². The van der Waals surface area contributed by atoms with Gasteiger partial charge in [0.15, 0.2) is 5.16 Å². The first-order valence-electron chi connectivity index (χ1n) is 9.02. The van der Waals surface area contributed by atoms with Crippen molar-refractivity contribution in [2.24, 2.45) is 0 Å². The maximum Gasteiger partial charge on any atom is 0.266 e. The number of thioether (sulfide) groups is 1. The molecule has 28 heavy (non-hydrogen) atoms. The van der Waals surface area contributed by atoms with Crippen LogP contribution in [-0.2, 0) is 4.79 Å². The minimum absolute atomic E-state index is 0.0397. The Balaban J connectivity index is 2.17. The zero-order valence-electron chi connectivity index (χ0n) is 16.2. The Morgan fingerprint density at radius 1 is 1.18 bits per heavy atom. The number of hydrogen-bond acceptors (Lipinski definition) is 4. The number of nitrogens with one attached hydrogen (secondary N) is 1. The van der Waals surface area contributed by atoms with Crippen LogP contribution in [0.4, 0.5) is 0 Å². The molecule has 1 atom stereocenters. The number of hydrogen-bond donors (Lipinski definition) is 1. The summed E-state index contributed by atoms with van der Waals surface area (Å²) in [4.78, 5) is 30.3. The molecule has 1 N–H and O–H groups in total.